The molecule has 3 heterocycles. The van der Waals surface area contributed by atoms with Crippen molar-refractivity contribution in [2.45, 2.75) is 39.1 Å². The number of halogens is 1. The Hall–Kier alpha value is -2.81. The number of hydrogen-bond acceptors (Lipinski definition) is 5. The van der Waals surface area contributed by atoms with E-state index in [1.807, 2.05) is 19.9 Å². The predicted octanol–water partition coefficient (Wildman–Crippen LogP) is 2.43. The van der Waals surface area contributed by atoms with Gasteiger partial charge in [0.2, 0.25) is 0 Å². The van der Waals surface area contributed by atoms with E-state index in [1.54, 1.807) is 25.8 Å². The van der Waals surface area contributed by atoms with Crippen molar-refractivity contribution in [3.63, 3.8) is 0 Å². The van der Waals surface area contributed by atoms with Gasteiger partial charge in [0.1, 0.15) is 11.8 Å². The van der Waals surface area contributed by atoms with Gasteiger partial charge in [-0.3, -0.25) is 13.7 Å². The SMILES string of the molecule is CCn1c(=O)n(CC2(C)Cn3cc([N+](=O)[O-])nc3O2)c2cc(Cl)ccc21. The summed E-state index contributed by atoms with van der Waals surface area (Å²) in [6.45, 7) is 4.92. The number of nitro groups is 1. The zero-order valence-electron chi connectivity index (χ0n) is 14.2. The second-order valence-electron chi connectivity index (χ2n) is 6.56. The highest BCUT2D eigenvalue weighted by molar-refractivity contribution is 6.31. The number of ether oxygens (including phenoxy) is 1. The van der Waals surface area contributed by atoms with Crippen LogP contribution in [0.4, 0.5) is 5.82 Å². The maximum atomic E-state index is 12.8. The molecule has 0 spiro atoms. The van der Waals surface area contributed by atoms with Crippen molar-refractivity contribution in [3.05, 3.63) is 50.0 Å². The average Bonchev–Trinajstić information content (AvgIpc) is 3.17. The molecular weight excluding hydrogens is 362 g/mol. The number of nitrogens with zero attached hydrogens (tertiary/aromatic N) is 5. The van der Waals surface area contributed by atoms with Crippen LogP contribution in [-0.2, 0) is 19.6 Å². The Kier molecular flexibility index (Phi) is 3.58. The van der Waals surface area contributed by atoms with Gasteiger partial charge in [0.15, 0.2) is 0 Å². The highest BCUT2D eigenvalue weighted by Crippen LogP contribution is 2.32. The maximum Gasteiger partial charge on any atom is 0.415 e. The molecule has 2 aromatic heterocycles. The minimum absolute atomic E-state index is 0.148. The Labute approximate surface area is 152 Å². The van der Waals surface area contributed by atoms with Crippen molar-refractivity contribution < 1.29 is 9.66 Å². The molecule has 9 nitrogen and oxygen atoms in total. The van der Waals surface area contributed by atoms with Gasteiger partial charge in [-0.25, -0.2) is 4.79 Å². The van der Waals surface area contributed by atoms with E-state index in [2.05, 4.69) is 4.98 Å². The number of fused-ring (bicyclic) bond motifs is 2. The third-order valence-corrected chi connectivity index (χ3v) is 4.78. The first-order valence-electron chi connectivity index (χ1n) is 8.10. The van der Waals surface area contributed by atoms with Crippen LogP contribution in [0.25, 0.3) is 11.0 Å². The number of hydrogen-bond donors (Lipinski definition) is 0. The van der Waals surface area contributed by atoms with E-state index in [-0.39, 0.29) is 24.1 Å². The normalized spacial score (nSPS) is 18.9. The summed E-state index contributed by atoms with van der Waals surface area (Å²) in [7, 11) is 0. The monoisotopic (exact) mass is 377 g/mol. The van der Waals surface area contributed by atoms with Gasteiger partial charge in [-0.1, -0.05) is 11.6 Å². The largest absolute Gasteiger partial charge is 0.436 e. The van der Waals surface area contributed by atoms with Crippen LogP contribution in [0.5, 0.6) is 6.01 Å². The van der Waals surface area contributed by atoms with Crippen molar-refractivity contribution in [1.82, 2.24) is 18.7 Å². The highest BCUT2D eigenvalue weighted by atomic mass is 35.5. The molecule has 4 rings (SSSR count). The molecule has 3 aromatic rings. The Morgan fingerprint density at radius 2 is 2.15 bits per heavy atom. The standard InChI is InChI=1S/C16H16ClN5O4/c1-3-20-11-5-4-10(17)6-12(11)21(15(20)23)9-16(2)8-19-7-13(22(24)25)18-14(19)26-16/h4-7H,3,8-9H2,1-2H3. The summed E-state index contributed by atoms with van der Waals surface area (Å²) in [5.41, 5.74) is 0.628. The molecule has 10 heteroatoms. The summed E-state index contributed by atoms with van der Waals surface area (Å²) in [6.07, 6.45) is 1.34. The van der Waals surface area contributed by atoms with Crippen LogP contribution < -0.4 is 10.4 Å². The number of benzene rings is 1. The van der Waals surface area contributed by atoms with E-state index < -0.39 is 10.5 Å². The second kappa shape index (κ2) is 5.60. The Bertz CT molecular complexity index is 1070. The van der Waals surface area contributed by atoms with Gasteiger partial charge in [-0.05, 0) is 37.0 Å². The fraction of sp³-hybridized carbons (Fsp3) is 0.375. The highest BCUT2D eigenvalue weighted by Gasteiger charge is 2.41. The molecule has 0 radical (unpaired) electrons. The lowest BCUT2D eigenvalue weighted by Gasteiger charge is -2.22. The maximum absolute atomic E-state index is 12.8. The molecule has 0 saturated heterocycles. The average molecular weight is 378 g/mol. The molecular formula is C16H16ClN5O4. The van der Waals surface area contributed by atoms with Gasteiger partial charge >= 0.3 is 17.5 Å². The van der Waals surface area contributed by atoms with E-state index in [0.29, 0.717) is 18.1 Å². The second-order valence-corrected chi connectivity index (χ2v) is 7.00. The van der Waals surface area contributed by atoms with Crippen molar-refractivity contribution in [2.24, 2.45) is 0 Å². The minimum Gasteiger partial charge on any atom is -0.436 e. The molecule has 26 heavy (non-hydrogen) atoms. The van der Waals surface area contributed by atoms with Gasteiger partial charge in [-0.2, -0.15) is 0 Å². The molecule has 1 atom stereocenters. The third-order valence-electron chi connectivity index (χ3n) is 4.55. The van der Waals surface area contributed by atoms with Gasteiger partial charge in [0, 0.05) is 16.6 Å². The van der Waals surface area contributed by atoms with Crippen molar-refractivity contribution in [2.75, 3.05) is 0 Å². The Balaban J connectivity index is 1.72. The summed E-state index contributed by atoms with van der Waals surface area (Å²) < 4.78 is 10.7. The molecule has 1 aromatic carbocycles. The first-order valence-corrected chi connectivity index (χ1v) is 8.48. The molecule has 136 valence electrons. The Morgan fingerprint density at radius 1 is 1.38 bits per heavy atom. The van der Waals surface area contributed by atoms with E-state index in [4.69, 9.17) is 16.3 Å². The molecule has 0 N–H and O–H groups in total. The van der Waals surface area contributed by atoms with Gasteiger partial charge < -0.3 is 14.9 Å². The third kappa shape index (κ3) is 2.47. The first-order chi connectivity index (χ1) is 12.3. The van der Waals surface area contributed by atoms with E-state index in [9.17, 15) is 14.9 Å². The number of aryl methyl sites for hydroxylation is 1. The fourth-order valence-electron chi connectivity index (χ4n) is 3.45. The van der Waals surface area contributed by atoms with E-state index in [1.165, 1.54) is 6.20 Å². The number of rotatable bonds is 4. The lowest BCUT2D eigenvalue weighted by Crippen LogP contribution is -2.40. The van der Waals surface area contributed by atoms with Crippen LogP contribution in [-0.4, -0.2) is 29.2 Å². The van der Waals surface area contributed by atoms with Gasteiger partial charge in [0.25, 0.3) is 0 Å². The van der Waals surface area contributed by atoms with Crippen molar-refractivity contribution in [1.29, 1.82) is 0 Å². The van der Waals surface area contributed by atoms with Crippen LogP contribution in [0, 0.1) is 10.1 Å². The lowest BCUT2D eigenvalue weighted by molar-refractivity contribution is -0.389. The molecule has 1 unspecified atom stereocenters. The summed E-state index contributed by atoms with van der Waals surface area (Å²) in [5.74, 6) is -0.256. The van der Waals surface area contributed by atoms with Crippen LogP contribution in [0.3, 0.4) is 0 Å². The van der Waals surface area contributed by atoms with E-state index >= 15 is 0 Å². The zero-order valence-corrected chi connectivity index (χ0v) is 14.9. The topological polar surface area (TPSA) is 97.1 Å². The van der Waals surface area contributed by atoms with Gasteiger partial charge in [-0.15, -0.1) is 0 Å². The predicted molar refractivity (Wildman–Crippen MR) is 94.8 cm³/mol. The van der Waals surface area contributed by atoms with Crippen LogP contribution in [0.1, 0.15) is 13.8 Å². The first kappa shape index (κ1) is 16.6. The quantitative estimate of drug-likeness (QED) is 0.513. The molecule has 1 aliphatic rings. The van der Waals surface area contributed by atoms with Crippen LogP contribution in [0.15, 0.2) is 29.2 Å². The van der Waals surface area contributed by atoms with Gasteiger partial charge in [0.05, 0.1) is 24.1 Å². The summed E-state index contributed by atoms with van der Waals surface area (Å²) in [5, 5.41) is 11.4. The molecule has 0 fully saturated rings. The fourth-order valence-corrected chi connectivity index (χ4v) is 3.62. The molecule has 1 aliphatic heterocycles. The van der Waals surface area contributed by atoms with Crippen LogP contribution in [0.2, 0.25) is 5.02 Å². The minimum atomic E-state index is -0.754. The summed E-state index contributed by atoms with van der Waals surface area (Å²) in [6, 6.07) is 5.52. The summed E-state index contributed by atoms with van der Waals surface area (Å²) >= 11 is 6.12. The lowest BCUT2D eigenvalue weighted by atomic mass is 10.1. The number of aromatic nitrogens is 4. The number of imidazole rings is 2. The van der Waals surface area contributed by atoms with E-state index in [0.717, 1.165) is 11.0 Å². The molecule has 0 aliphatic carbocycles. The van der Waals surface area contributed by atoms with Crippen molar-refractivity contribution in [3.8, 4) is 6.01 Å². The summed E-state index contributed by atoms with van der Waals surface area (Å²) in [4.78, 5) is 27.0. The zero-order chi connectivity index (χ0) is 18.6. The Morgan fingerprint density at radius 3 is 2.81 bits per heavy atom. The molecule has 0 amide bonds. The van der Waals surface area contributed by atoms with Crippen molar-refractivity contribution >= 4 is 28.5 Å². The molecule has 0 bridgehead atoms. The van der Waals surface area contributed by atoms with Crippen LogP contribution >= 0.6 is 11.6 Å². The molecule has 0 saturated carbocycles. The smallest absolute Gasteiger partial charge is 0.415 e.